The number of aromatic nitrogens is 4. The van der Waals surface area contributed by atoms with E-state index in [0.29, 0.717) is 5.92 Å². The second-order valence-corrected chi connectivity index (χ2v) is 9.60. The Hall–Kier alpha value is -3.88. The van der Waals surface area contributed by atoms with Gasteiger partial charge in [-0.1, -0.05) is 55.1 Å². The summed E-state index contributed by atoms with van der Waals surface area (Å²) in [7, 11) is 3.67. The van der Waals surface area contributed by atoms with Crippen molar-refractivity contribution in [2.45, 2.75) is 18.9 Å². The van der Waals surface area contributed by atoms with Gasteiger partial charge in [-0.05, 0) is 24.6 Å². The summed E-state index contributed by atoms with van der Waals surface area (Å²) in [5.41, 5.74) is 5.21. The molecule has 2 aromatic heterocycles. The molecule has 1 aliphatic rings. The van der Waals surface area contributed by atoms with Crippen LogP contribution in [-0.4, -0.2) is 63.9 Å². The third-order valence-electron chi connectivity index (χ3n) is 6.97. The molecule has 0 amide bonds. The highest BCUT2D eigenvalue weighted by molar-refractivity contribution is 5.70. The van der Waals surface area contributed by atoms with E-state index in [1.807, 2.05) is 42.3 Å². The lowest BCUT2D eigenvalue weighted by Gasteiger charge is -2.24. The molecule has 192 valence electrons. The fourth-order valence-corrected chi connectivity index (χ4v) is 5.09. The number of likely N-dealkylation sites (tertiary alicyclic amines) is 1. The number of nitrogens with one attached hydrogen (secondary N) is 2. The third-order valence-corrected chi connectivity index (χ3v) is 6.97. The number of methoxy groups -OCH3 is 1. The first-order valence-electron chi connectivity index (χ1n) is 12.7. The Kier molecular flexibility index (Phi) is 7.39. The molecule has 2 N–H and O–H groups in total. The molecule has 0 spiro atoms. The van der Waals surface area contributed by atoms with Gasteiger partial charge in [-0.2, -0.15) is 10.2 Å². The number of para-hydroxylation sites is 1. The molecule has 3 heterocycles. The van der Waals surface area contributed by atoms with E-state index in [-0.39, 0.29) is 6.04 Å². The predicted octanol–water partition coefficient (Wildman–Crippen LogP) is 4.17. The lowest BCUT2D eigenvalue weighted by molar-refractivity contribution is 0.159. The molecule has 0 bridgehead atoms. The van der Waals surface area contributed by atoms with E-state index in [1.165, 1.54) is 5.56 Å². The molecule has 1 saturated heterocycles. The molecule has 37 heavy (non-hydrogen) atoms. The van der Waals surface area contributed by atoms with Crippen molar-refractivity contribution in [3.05, 3.63) is 96.6 Å². The van der Waals surface area contributed by atoms with Crippen molar-refractivity contribution in [2.24, 2.45) is 7.05 Å². The molecule has 4 aromatic rings. The SMILES string of the molecule is C=C(Nc1c(C)c(-c2cnn(C)c2)nn1-c1ccccc1)N[C@@H]1CN(CCOC)C[C@H]1c1ccccc1. The van der Waals surface area contributed by atoms with Gasteiger partial charge in [-0.3, -0.25) is 9.58 Å². The minimum Gasteiger partial charge on any atom is -0.383 e. The third kappa shape index (κ3) is 5.45. The Morgan fingerprint density at radius 3 is 2.49 bits per heavy atom. The van der Waals surface area contributed by atoms with Gasteiger partial charge in [0, 0.05) is 63.1 Å². The van der Waals surface area contributed by atoms with Crippen molar-refractivity contribution >= 4 is 5.82 Å². The summed E-state index contributed by atoms with van der Waals surface area (Å²) in [5.74, 6) is 1.98. The number of benzene rings is 2. The lowest BCUT2D eigenvalue weighted by atomic mass is 9.94. The molecular formula is C29H35N7O. The van der Waals surface area contributed by atoms with Crippen LogP contribution >= 0.6 is 0 Å². The fraction of sp³-hybridized carbons (Fsp3) is 0.310. The molecule has 0 saturated carbocycles. The van der Waals surface area contributed by atoms with Gasteiger partial charge in [-0.15, -0.1) is 0 Å². The van der Waals surface area contributed by atoms with Crippen LogP contribution in [-0.2, 0) is 11.8 Å². The summed E-state index contributed by atoms with van der Waals surface area (Å²) in [4.78, 5) is 2.45. The highest BCUT2D eigenvalue weighted by Crippen LogP contribution is 2.32. The van der Waals surface area contributed by atoms with Crippen LogP contribution in [0.5, 0.6) is 0 Å². The largest absolute Gasteiger partial charge is 0.383 e. The van der Waals surface area contributed by atoms with Crippen molar-refractivity contribution in [1.82, 2.24) is 29.8 Å². The van der Waals surface area contributed by atoms with E-state index in [1.54, 1.807) is 11.8 Å². The Balaban J connectivity index is 1.41. The van der Waals surface area contributed by atoms with Crippen molar-refractivity contribution < 1.29 is 4.74 Å². The molecule has 0 radical (unpaired) electrons. The van der Waals surface area contributed by atoms with Crippen LogP contribution in [0.1, 0.15) is 17.0 Å². The number of rotatable bonds is 10. The average molecular weight is 498 g/mol. The van der Waals surface area contributed by atoms with Crippen LogP contribution in [0.15, 0.2) is 85.5 Å². The highest BCUT2D eigenvalue weighted by Gasteiger charge is 2.34. The zero-order chi connectivity index (χ0) is 25.8. The van der Waals surface area contributed by atoms with Crippen molar-refractivity contribution in [2.75, 3.05) is 38.7 Å². The van der Waals surface area contributed by atoms with Crippen molar-refractivity contribution in [1.29, 1.82) is 0 Å². The first kappa shape index (κ1) is 24.8. The molecule has 1 fully saturated rings. The van der Waals surface area contributed by atoms with Crippen molar-refractivity contribution in [3.63, 3.8) is 0 Å². The summed E-state index contributed by atoms with van der Waals surface area (Å²) in [6.07, 6.45) is 3.83. The van der Waals surface area contributed by atoms with Crippen LogP contribution in [0.3, 0.4) is 0 Å². The van der Waals surface area contributed by atoms with Gasteiger partial charge in [-0.25, -0.2) is 4.68 Å². The van der Waals surface area contributed by atoms with Crippen LogP contribution in [0.2, 0.25) is 0 Å². The zero-order valence-corrected chi connectivity index (χ0v) is 21.8. The van der Waals surface area contributed by atoms with E-state index < -0.39 is 0 Å². The van der Waals surface area contributed by atoms with E-state index >= 15 is 0 Å². The Labute approximate surface area is 218 Å². The molecule has 5 rings (SSSR count). The number of ether oxygens (including phenoxy) is 1. The van der Waals surface area contributed by atoms with Gasteiger partial charge in [0.1, 0.15) is 11.5 Å². The Bertz CT molecular complexity index is 1330. The molecule has 2 atom stereocenters. The number of hydrogen-bond acceptors (Lipinski definition) is 6. The predicted molar refractivity (Wildman–Crippen MR) is 148 cm³/mol. The normalized spacial score (nSPS) is 17.7. The summed E-state index contributed by atoms with van der Waals surface area (Å²) in [6, 6.07) is 21.1. The van der Waals surface area contributed by atoms with Crippen LogP contribution in [0.25, 0.3) is 16.9 Å². The van der Waals surface area contributed by atoms with E-state index in [4.69, 9.17) is 9.84 Å². The molecule has 2 aromatic carbocycles. The van der Waals surface area contributed by atoms with Crippen LogP contribution < -0.4 is 10.6 Å². The van der Waals surface area contributed by atoms with Gasteiger partial charge >= 0.3 is 0 Å². The summed E-state index contributed by atoms with van der Waals surface area (Å²) in [5, 5.41) is 16.6. The molecular weight excluding hydrogens is 462 g/mol. The van der Waals surface area contributed by atoms with Gasteiger partial charge in [0.05, 0.1) is 24.3 Å². The molecule has 0 aliphatic carbocycles. The second kappa shape index (κ2) is 11.0. The molecule has 0 unspecified atom stereocenters. The summed E-state index contributed by atoms with van der Waals surface area (Å²) in [6.45, 7) is 9.98. The maximum absolute atomic E-state index is 5.34. The minimum absolute atomic E-state index is 0.213. The highest BCUT2D eigenvalue weighted by atomic mass is 16.5. The molecule has 8 nitrogen and oxygen atoms in total. The first-order chi connectivity index (χ1) is 18.0. The van der Waals surface area contributed by atoms with Crippen LogP contribution in [0, 0.1) is 6.92 Å². The molecule has 8 heteroatoms. The maximum atomic E-state index is 5.34. The second-order valence-electron chi connectivity index (χ2n) is 9.60. The first-order valence-corrected chi connectivity index (χ1v) is 12.7. The maximum Gasteiger partial charge on any atom is 0.138 e. The zero-order valence-electron chi connectivity index (χ0n) is 21.8. The number of anilines is 1. The number of nitrogens with zero attached hydrogens (tertiary/aromatic N) is 5. The van der Waals surface area contributed by atoms with Gasteiger partial charge < -0.3 is 15.4 Å². The van der Waals surface area contributed by atoms with Crippen LogP contribution in [0.4, 0.5) is 5.82 Å². The number of aryl methyl sites for hydroxylation is 1. The molecule has 1 aliphatic heterocycles. The monoisotopic (exact) mass is 497 g/mol. The Morgan fingerprint density at radius 1 is 1.08 bits per heavy atom. The van der Waals surface area contributed by atoms with Gasteiger partial charge in [0.2, 0.25) is 0 Å². The topological polar surface area (TPSA) is 72.2 Å². The van der Waals surface area contributed by atoms with Crippen molar-refractivity contribution in [3.8, 4) is 16.9 Å². The summed E-state index contributed by atoms with van der Waals surface area (Å²) >= 11 is 0. The Morgan fingerprint density at radius 2 is 1.81 bits per heavy atom. The lowest BCUT2D eigenvalue weighted by Crippen LogP contribution is -2.37. The average Bonchev–Trinajstić information content (AvgIpc) is 3.61. The fourth-order valence-electron chi connectivity index (χ4n) is 5.09. The quantitative estimate of drug-likeness (QED) is 0.343. The standard InChI is InChI=1S/C29H35N7O/c1-21-28(24-17-30-34(3)18-24)33-36(25-13-9-6-10-14-25)29(21)32-22(2)31-27-20-35(15-16-37-4)19-26(27)23-11-7-5-8-12-23/h5-14,17-18,26-27,31-32H,2,15-16,19-20H2,1,3-4H3/t26-,27+/m0/s1. The van der Waals surface area contributed by atoms with E-state index in [9.17, 15) is 0 Å². The van der Waals surface area contributed by atoms with E-state index in [2.05, 4.69) is 76.6 Å². The minimum atomic E-state index is 0.213. The number of hydrogen-bond donors (Lipinski definition) is 2. The van der Waals surface area contributed by atoms with Gasteiger partial charge in [0.15, 0.2) is 0 Å². The summed E-state index contributed by atoms with van der Waals surface area (Å²) < 4.78 is 9.08. The van der Waals surface area contributed by atoms with E-state index in [0.717, 1.165) is 60.4 Å². The smallest absolute Gasteiger partial charge is 0.138 e. The van der Waals surface area contributed by atoms with Gasteiger partial charge in [0.25, 0.3) is 0 Å².